The van der Waals surface area contributed by atoms with Gasteiger partial charge in [0.25, 0.3) is 5.91 Å². The van der Waals surface area contributed by atoms with Crippen LogP contribution in [0.2, 0.25) is 0 Å². The van der Waals surface area contributed by atoms with Crippen molar-refractivity contribution in [3.63, 3.8) is 0 Å². The van der Waals surface area contributed by atoms with Crippen molar-refractivity contribution < 1.29 is 18.3 Å². The summed E-state index contributed by atoms with van der Waals surface area (Å²) in [4.78, 5) is 14.4. The van der Waals surface area contributed by atoms with E-state index in [2.05, 4.69) is 10.2 Å². The molecule has 0 spiro atoms. The zero-order valence-corrected chi connectivity index (χ0v) is 14.6. The van der Waals surface area contributed by atoms with Crippen molar-refractivity contribution in [2.24, 2.45) is 0 Å². The van der Waals surface area contributed by atoms with Crippen molar-refractivity contribution in [1.29, 1.82) is 0 Å². The van der Waals surface area contributed by atoms with E-state index in [1.165, 1.54) is 12.1 Å². The Labute approximate surface area is 150 Å². The molecule has 1 N–H and O–H groups in total. The molecule has 1 saturated heterocycles. The van der Waals surface area contributed by atoms with Crippen molar-refractivity contribution in [2.75, 3.05) is 37.7 Å². The van der Waals surface area contributed by atoms with E-state index in [0.29, 0.717) is 6.54 Å². The van der Waals surface area contributed by atoms with Crippen LogP contribution < -0.4 is 10.1 Å². The fraction of sp³-hybridized carbons (Fsp3) is 0.389. The first-order valence-electron chi connectivity index (χ1n) is 8.23. The Morgan fingerprint density at radius 2 is 2.08 bits per heavy atom. The van der Waals surface area contributed by atoms with Crippen LogP contribution >= 0.6 is 11.8 Å². The van der Waals surface area contributed by atoms with E-state index in [0.717, 1.165) is 30.4 Å². The molecule has 1 aliphatic rings. The minimum absolute atomic E-state index is 0.00619. The summed E-state index contributed by atoms with van der Waals surface area (Å²) >= 11 is 1.93. The van der Waals surface area contributed by atoms with Gasteiger partial charge in [-0.25, -0.2) is 4.39 Å². The second kappa shape index (κ2) is 8.92. The number of amides is 1. The SMILES string of the molecule is O=C(COc1ccccc1F)NC[C@H](c1ccco1)N1CCSCC1. The lowest BCUT2D eigenvalue weighted by Gasteiger charge is -2.33. The Morgan fingerprint density at radius 1 is 1.28 bits per heavy atom. The Bertz CT molecular complexity index is 675. The van der Waals surface area contributed by atoms with Gasteiger partial charge in [-0.15, -0.1) is 0 Å². The summed E-state index contributed by atoms with van der Waals surface area (Å²) in [5.74, 6) is 2.29. The molecule has 0 bridgehead atoms. The van der Waals surface area contributed by atoms with Gasteiger partial charge in [0.05, 0.1) is 12.3 Å². The largest absolute Gasteiger partial charge is 0.481 e. The number of carbonyl (C=O) groups is 1. The first-order valence-corrected chi connectivity index (χ1v) is 9.39. The van der Waals surface area contributed by atoms with E-state index in [9.17, 15) is 9.18 Å². The Morgan fingerprint density at radius 3 is 2.80 bits per heavy atom. The Hall–Kier alpha value is -1.99. The summed E-state index contributed by atoms with van der Waals surface area (Å²) in [6, 6.07) is 9.81. The smallest absolute Gasteiger partial charge is 0.258 e. The van der Waals surface area contributed by atoms with Gasteiger partial charge in [-0.1, -0.05) is 12.1 Å². The summed E-state index contributed by atoms with van der Waals surface area (Å²) in [7, 11) is 0. The maximum Gasteiger partial charge on any atom is 0.258 e. The van der Waals surface area contributed by atoms with Gasteiger partial charge >= 0.3 is 0 Å². The predicted molar refractivity (Wildman–Crippen MR) is 95.3 cm³/mol. The number of carbonyl (C=O) groups excluding carboxylic acids is 1. The van der Waals surface area contributed by atoms with E-state index < -0.39 is 5.82 Å². The summed E-state index contributed by atoms with van der Waals surface area (Å²) in [6.45, 7) is 2.12. The van der Waals surface area contributed by atoms with Crippen LogP contribution in [-0.2, 0) is 4.79 Å². The lowest BCUT2D eigenvalue weighted by atomic mass is 10.2. The molecule has 7 heteroatoms. The van der Waals surface area contributed by atoms with Crippen LogP contribution in [0.15, 0.2) is 47.1 Å². The normalized spacial score (nSPS) is 16.4. The van der Waals surface area contributed by atoms with Gasteiger partial charge in [0.1, 0.15) is 5.76 Å². The number of hydrogen-bond donors (Lipinski definition) is 1. The molecule has 1 atom stereocenters. The maximum absolute atomic E-state index is 13.5. The van der Waals surface area contributed by atoms with Crippen molar-refractivity contribution in [3.05, 3.63) is 54.2 Å². The van der Waals surface area contributed by atoms with Gasteiger partial charge in [0, 0.05) is 31.1 Å². The maximum atomic E-state index is 13.5. The number of rotatable bonds is 7. The van der Waals surface area contributed by atoms with Crippen molar-refractivity contribution in [2.45, 2.75) is 6.04 Å². The number of para-hydroxylation sites is 1. The Kier molecular flexibility index (Phi) is 6.36. The van der Waals surface area contributed by atoms with Gasteiger partial charge < -0.3 is 14.5 Å². The Balaban J connectivity index is 1.53. The fourth-order valence-electron chi connectivity index (χ4n) is 2.75. The monoisotopic (exact) mass is 364 g/mol. The number of hydrogen-bond acceptors (Lipinski definition) is 5. The summed E-state index contributed by atoms with van der Waals surface area (Å²) in [6.07, 6.45) is 1.64. The predicted octanol–water partition coefficient (Wildman–Crippen LogP) is 2.70. The molecular weight excluding hydrogens is 343 g/mol. The van der Waals surface area contributed by atoms with Crippen LogP contribution in [0.1, 0.15) is 11.8 Å². The second-order valence-electron chi connectivity index (χ2n) is 5.70. The number of furan rings is 1. The fourth-order valence-corrected chi connectivity index (χ4v) is 3.68. The van der Waals surface area contributed by atoms with E-state index in [-0.39, 0.29) is 24.3 Å². The van der Waals surface area contributed by atoms with E-state index in [1.807, 2.05) is 23.9 Å². The molecule has 0 aliphatic carbocycles. The molecule has 3 rings (SSSR count). The number of halogens is 1. The van der Waals surface area contributed by atoms with Crippen molar-refractivity contribution in [3.8, 4) is 5.75 Å². The number of ether oxygens (including phenoxy) is 1. The van der Waals surface area contributed by atoms with Gasteiger partial charge in [0.15, 0.2) is 18.2 Å². The molecule has 5 nitrogen and oxygen atoms in total. The lowest BCUT2D eigenvalue weighted by Crippen LogP contribution is -2.42. The van der Waals surface area contributed by atoms with E-state index >= 15 is 0 Å². The molecular formula is C18H21FN2O3S. The van der Waals surface area contributed by atoms with Crippen LogP contribution in [0.25, 0.3) is 0 Å². The molecule has 1 aromatic carbocycles. The quantitative estimate of drug-likeness (QED) is 0.819. The highest BCUT2D eigenvalue weighted by molar-refractivity contribution is 7.99. The van der Waals surface area contributed by atoms with Crippen LogP contribution in [0.3, 0.4) is 0 Å². The first-order chi connectivity index (χ1) is 12.2. The molecule has 1 aromatic heterocycles. The molecule has 25 heavy (non-hydrogen) atoms. The van der Waals surface area contributed by atoms with Gasteiger partial charge in [0.2, 0.25) is 0 Å². The topological polar surface area (TPSA) is 54.7 Å². The van der Waals surface area contributed by atoms with Crippen LogP contribution in [0, 0.1) is 5.82 Å². The third-order valence-electron chi connectivity index (χ3n) is 4.05. The van der Waals surface area contributed by atoms with Gasteiger partial charge in [-0.05, 0) is 24.3 Å². The average Bonchev–Trinajstić information content (AvgIpc) is 3.16. The number of benzene rings is 1. The second-order valence-corrected chi connectivity index (χ2v) is 6.93. The minimum Gasteiger partial charge on any atom is -0.481 e. The number of nitrogens with one attached hydrogen (secondary N) is 1. The molecule has 0 radical (unpaired) electrons. The van der Waals surface area contributed by atoms with Gasteiger partial charge in [-0.3, -0.25) is 9.69 Å². The highest BCUT2D eigenvalue weighted by Gasteiger charge is 2.25. The van der Waals surface area contributed by atoms with Crippen molar-refractivity contribution >= 4 is 17.7 Å². The molecule has 1 fully saturated rings. The highest BCUT2D eigenvalue weighted by Crippen LogP contribution is 2.24. The highest BCUT2D eigenvalue weighted by atomic mass is 32.2. The summed E-state index contributed by atoms with van der Waals surface area (Å²) in [5.41, 5.74) is 0. The van der Waals surface area contributed by atoms with Crippen LogP contribution in [-0.4, -0.2) is 48.6 Å². The minimum atomic E-state index is -0.477. The average molecular weight is 364 g/mol. The zero-order chi connectivity index (χ0) is 17.5. The molecule has 2 heterocycles. The summed E-state index contributed by atoms with van der Waals surface area (Å²) in [5, 5.41) is 2.86. The standard InChI is InChI=1S/C18H21FN2O3S/c19-14-4-1-2-5-16(14)24-13-18(22)20-12-15(17-6-3-9-23-17)21-7-10-25-11-8-21/h1-6,9,15H,7-8,10-13H2,(H,20,22)/t15-/m1/s1. The first kappa shape index (κ1) is 17.8. The lowest BCUT2D eigenvalue weighted by molar-refractivity contribution is -0.123. The zero-order valence-electron chi connectivity index (χ0n) is 13.8. The molecule has 134 valence electrons. The van der Waals surface area contributed by atoms with E-state index in [4.69, 9.17) is 9.15 Å². The summed E-state index contributed by atoms with van der Waals surface area (Å²) < 4.78 is 24.3. The van der Waals surface area contributed by atoms with Crippen molar-refractivity contribution in [1.82, 2.24) is 10.2 Å². The third kappa shape index (κ3) is 4.99. The van der Waals surface area contributed by atoms with E-state index in [1.54, 1.807) is 18.4 Å². The molecule has 1 aliphatic heterocycles. The van der Waals surface area contributed by atoms with Gasteiger partial charge in [-0.2, -0.15) is 11.8 Å². The molecule has 2 aromatic rings. The van der Waals surface area contributed by atoms with Crippen LogP contribution in [0.5, 0.6) is 5.75 Å². The number of thioether (sulfide) groups is 1. The van der Waals surface area contributed by atoms with Crippen LogP contribution in [0.4, 0.5) is 4.39 Å². The molecule has 0 saturated carbocycles. The third-order valence-corrected chi connectivity index (χ3v) is 4.99. The molecule has 1 amide bonds. The number of nitrogens with zero attached hydrogens (tertiary/aromatic N) is 1. The molecule has 0 unspecified atom stereocenters.